The molecule has 0 saturated heterocycles. The fourth-order valence-electron chi connectivity index (χ4n) is 2.58. The van der Waals surface area contributed by atoms with E-state index in [1.54, 1.807) is 12.3 Å². The van der Waals surface area contributed by atoms with Crippen LogP contribution in [0.5, 0.6) is 0 Å². The molecule has 0 spiro atoms. The standard InChI is InChI=1S/C18H13F2N5O/c19-11-3-1-10(2-4-11)16(26)18-22-14-6-5-12(20)9-13(14)17(24-18)23-15-7-8-21-25-15/h1-9,16,26H,(H2,21,22,23,24,25). The molecule has 4 aromatic rings. The van der Waals surface area contributed by atoms with Crippen LogP contribution in [0.4, 0.5) is 20.4 Å². The monoisotopic (exact) mass is 353 g/mol. The van der Waals surface area contributed by atoms with Crippen molar-refractivity contribution >= 4 is 22.5 Å². The van der Waals surface area contributed by atoms with Gasteiger partial charge < -0.3 is 10.4 Å². The minimum atomic E-state index is -1.16. The van der Waals surface area contributed by atoms with Crippen molar-refractivity contribution in [3.8, 4) is 0 Å². The first kappa shape index (κ1) is 16.1. The van der Waals surface area contributed by atoms with E-state index in [9.17, 15) is 13.9 Å². The molecule has 0 aliphatic heterocycles. The Morgan fingerprint density at radius 2 is 1.73 bits per heavy atom. The van der Waals surface area contributed by atoms with E-state index in [0.29, 0.717) is 28.1 Å². The zero-order valence-corrected chi connectivity index (χ0v) is 13.3. The largest absolute Gasteiger partial charge is 0.380 e. The highest BCUT2D eigenvalue weighted by molar-refractivity contribution is 5.90. The van der Waals surface area contributed by atoms with Crippen LogP contribution in [0, 0.1) is 11.6 Å². The average molecular weight is 353 g/mol. The predicted molar refractivity (Wildman–Crippen MR) is 91.8 cm³/mol. The second-order valence-electron chi connectivity index (χ2n) is 5.64. The number of aromatic amines is 1. The van der Waals surface area contributed by atoms with Crippen LogP contribution in [0.1, 0.15) is 17.5 Å². The SMILES string of the molecule is OC(c1ccc(F)cc1)c1nc(Nc2ccn[nH]2)c2cc(F)ccc2n1. The Morgan fingerprint density at radius 3 is 2.46 bits per heavy atom. The number of aromatic nitrogens is 4. The normalized spacial score (nSPS) is 12.3. The molecular formula is C18H13F2N5O. The van der Waals surface area contributed by atoms with E-state index in [1.165, 1.54) is 42.5 Å². The lowest BCUT2D eigenvalue weighted by Crippen LogP contribution is -2.08. The first-order valence-electron chi connectivity index (χ1n) is 7.77. The second kappa shape index (κ2) is 6.49. The number of hydrogen-bond acceptors (Lipinski definition) is 5. The Hall–Kier alpha value is -3.39. The maximum absolute atomic E-state index is 13.7. The quantitative estimate of drug-likeness (QED) is 0.523. The number of anilines is 2. The fraction of sp³-hybridized carbons (Fsp3) is 0.0556. The Morgan fingerprint density at radius 1 is 0.962 bits per heavy atom. The second-order valence-corrected chi connectivity index (χ2v) is 5.64. The van der Waals surface area contributed by atoms with Gasteiger partial charge in [0, 0.05) is 11.5 Å². The van der Waals surface area contributed by atoms with Gasteiger partial charge in [0.15, 0.2) is 5.82 Å². The molecule has 130 valence electrons. The predicted octanol–water partition coefficient (Wildman–Crippen LogP) is 3.46. The molecule has 8 heteroatoms. The molecule has 3 N–H and O–H groups in total. The van der Waals surface area contributed by atoms with Crippen LogP contribution < -0.4 is 5.32 Å². The number of benzene rings is 2. The van der Waals surface area contributed by atoms with Gasteiger partial charge in [-0.1, -0.05) is 12.1 Å². The molecule has 1 unspecified atom stereocenters. The minimum Gasteiger partial charge on any atom is -0.380 e. The van der Waals surface area contributed by atoms with Crippen LogP contribution in [0.2, 0.25) is 0 Å². The van der Waals surface area contributed by atoms with Crippen molar-refractivity contribution in [2.75, 3.05) is 5.32 Å². The molecule has 0 saturated carbocycles. The summed E-state index contributed by atoms with van der Waals surface area (Å²) in [6.45, 7) is 0. The first-order valence-corrected chi connectivity index (χ1v) is 7.77. The number of fused-ring (bicyclic) bond motifs is 1. The highest BCUT2D eigenvalue weighted by atomic mass is 19.1. The lowest BCUT2D eigenvalue weighted by atomic mass is 10.1. The van der Waals surface area contributed by atoms with Crippen molar-refractivity contribution in [2.45, 2.75) is 6.10 Å². The summed E-state index contributed by atoms with van der Waals surface area (Å²) in [5.41, 5.74) is 0.903. The number of rotatable bonds is 4. The van der Waals surface area contributed by atoms with Crippen molar-refractivity contribution in [1.82, 2.24) is 20.2 Å². The van der Waals surface area contributed by atoms with Gasteiger partial charge in [0.1, 0.15) is 29.4 Å². The highest BCUT2D eigenvalue weighted by Gasteiger charge is 2.17. The van der Waals surface area contributed by atoms with Gasteiger partial charge in [0.25, 0.3) is 0 Å². The first-order chi connectivity index (χ1) is 12.6. The summed E-state index contributed by atoms with van der Waals surface area (Å²) >= 11 is 0. The third kappa shape index (κ3) is 3.09. The zero-order valence-electron chi connectivity index (χ0n) is 13.3. The van der Waals surface area contributed by atoms with Gasteiger partial charge in [-0.25, -0.2) is 18.7 Å². The van der Waals surface area contributed by atoms with Gasteiger partial charge in [-0.15, -0.1) is 0 Å². The summed E-state index contributed by atoms with van der Waals surface area (Å²) in [6, 6.07) is 11.2. The summed E-state index contributed by atoms with van der Waals surface area (Å²) in [6.07, 6.45) is 0.396. The lowest BCUT2D eigenvalue weighted by Gasteiger charge is -2.14. The molecule has 0 aliphatic carbocycles. The molecule has 1 atom stereocenters. The van der Waals surface area contributed by atoms with E-state index in [4.69, 9.17) is 0 Å². The van der Waals surface area contributed by atoms with E-state index in [-0.39, 0.29) is 5.82 Å². The molecule has 2 aromatic heterocycles. The molecule has 26 heavy (non-hydrogen) atoms. The summed E-state index contributed by atoms with van der Waals surface area (Å²) < 4.78 is 26.8. The van der Waals surface area contributed by atoms with Gasteiger partial charge in [-0.2, -0.15) is 5.10 Å². The van der Waals surface area contributed by atoms with Crippen molar-refractivity contribution in [1.29, 1.82) is 0 Å². The van der Waals surface area contributed by atoms with Crippen LogP contribution in [0.25, 0.3) is 10.9 Å². The number of nitrogens with one attached hydrogen (secondary N) is 2. The Balaban J connectivity index is 1.82. The molecule has 6 nitrogen and oxygen atoms in total. The Labute approximate surface area is 146 Å². The van der Waals surface area contributed by atoms with Gasteiger partial charge >= 0.3 is 0 Å². The van der Waals surface area contributed by atoms with Crippen molar-refractivity contribution in [3.05, 3.63) is 77.8 Å². The number of aliphatic hydroxyl groups excluding tert-OH is 1. The summed E-state index contributed by atoms with van der Waals surface area (Å²) in [7, 11) is 0. The number of hydrogen-bond donors (Lipinski definition) is 3. The van der Waals surface area contributed by atoms with Gasteiger partial charge in [-0.3, -0.25) is 5.10 Å². The molecule has 4 rings (SSSR count). The fourth-order valence-corrected chi connectivity index (χ4v) is 2.58. The molecule has 0 bridgehead atoms. The van der Waals surface area contributed by atoms with E-state index < -0.39 is 17.7 Å². The van der Waals surface area contributed by atoms with Crippen LogP contribution in [0.15, 0.2) is 54.7 Å². The van der Waals surface area contributed by atoms with E-state index >= 15 is 0 Å². The van der Waals surface area contributed by atoms with Gasteiger partial charge in [-0.05, 0) is 35.9 Å². The average Bonchev–Trinajstić information content (AvgIpc) is 3.15. The van der Waals surface area contributed by atoms with Gasteiger partial charge in [0.05, 0.1) is 11.7 Å². The van der Waals surface area contributed by atoms with E-state index in [0.717, 1.165) is 0 Å². The molecule has 2 aromatic carbocycles. The Kier molecular flexibility index (Phi) is 4.02. The molecule has 0 amide bonds. The maximum Gasteiger partial charge on any atom is 0.164 e. The topological polar surface area (TPSA) is 86.7 Å². The zero-order chi connectivity index (χ0) is 18.1. The summed E-state index contributed by atoms with van der Waals surface area (Å²) in [5, 5.41) is 20.6. The van der Waals surface area contributed by atoms with E-state index in [1.807, 2.05) is 0 Å². The molecule has 0 fully saturated rings. The molecule has 0 aliphatic rings. The Bertz CT molecular complexity index is 1050. The van der Waals surface area contributed by atoms with Gasteiger partial charge in [0.2, 0.25) is 0 Å². The summed E-state index contributed by atoms with van der Waals surface area (Å²) in [5.74, 6) is 0.141. The number of aliphatic hydroxyl groups is 1. The van der Waals surface area contributed by atoms with Crippen LogP contribution in [-0.4, -0.2) is 25.3 Å². The van der Waals surface area contributed by atoms with E-state index in [2.05, 4.69) is 25.5 Å². The smallest absolute Gasteiger partial charge is 0.164 e. The van der Waals surface area contributed by atoms with Crippen LogP contribution in [0.3, 0.4) is 0 Å². The van der Waals surface area contributed by atoms with Crippen molar-refractivity contribution < 1.29 is 13.9 Å². The number of H-pyrrole nitrogens is 1. The molecular weight excluding hydrogens is 340 g/mol. The maximum atomic E-state index is 13.7. The van der Waals surface area contributed by atoms with Crippen LogP contribution in [-0.2, 0) is 0 Å². The van der Waals surface area contributed by atoms with Crippen LogP contribution >= 0.6 is 0 Å². The number of halogens is 2. The molecule has 0 radical (unpaired) electrons. The minimum absolute atomic E-state index is 0.109. The third-order valence-corrected chi connectivity index (χ3v) is 3.86. The third-order valence-electron chi connectivity index (χ3n) is 3.86. The summed E-state index contributed by atoms with van der Waals surface area (Å²) in [4.78, 5) is 8.65. The van der Waals surface area contributed by atoms with Crippen molar-refractivity contribution in [3.63, 3.8) is 0 Å². The van der Waals surface area contributed by atoms with Crippen molar-refractivity contribution in [2.24, 2.45) is 0 Å². The molecule has 2 heterocycles. The highest BCUT2D eigenvalue weighted by Crippen LogP contribution is 2.28. The number of nitrogens with zero attached hydrogens (tertiary/aromatic N) is 3. The lowest BCUT2D eigenvalue weighted by molar-refractivity contribution is 0.210.